The zero-order valence-electron chi connectivity index (χ0n) is 13.4. The second-order valence-corrected chi connectivity index (χ2v) is 6.63. The molecule has 0 aliphatic heterocycles. The topological polar surface area (TPSA) is 112 Å². The lowest BCUT2D eigenvalue weighted by atomic mass is 10.1. The summed E-state index contributed by atoms with van der Waals surface area (Å²) in [6, 6.07) is 7.71. The van der Waals surface area contributed by atoms with Crippen LogP contribution in [0.2, 0.25) is 0 Å². The highest BCUT2D eigenvalue weighted by atomic mass is 32.1. The number of aliphatic hydroxyl groups is 1. The molecule has 3 rings (SSSR count). The van der Waals surface area contributed by atoms with Gasteiger partial charge in [-0.15, -0.1) is 11.3 Å². The minimum Gasteiger partial charge on any atom is -0.387 e. The normalized spacial score (nSPS) is 12.6. The van der Waals surface area contributed by atoms with Crippen LogP contribution < -0.4 is 5.56 Å². The lowest BCUT2D eigenvalue weighted by molar-refractivity contribution is -0.385. The molecule has 9 heteroatoms. The summed E-state index contributed by atoms with van der Waals surface area (Å²) in [5.41, 5.74) is 0.878. The average molecular weight is 360 g/mol. The summed E-state index contributed by atoms with van der Waals surface area (Å²) in [6.07, 6.45) is -0.887. The van der Waals surface area contributed by atoms with E-state index in [0.29, 0.717) is 28.1 Å². The predicted molar refractivity (Wildman–Crippen MR) is 94.6 cm³/mol. The molecule has 0 bridgehead atoms. The Kier molecular flexibility index (Phi) is 4.88. The van der Waals surface area contributed by atoms with E-state index in [1.807, 2.05) is 5.38 Å². The first-order chi connectivity index (χ1) is 11.9. The number of H-pyrrole nitrogens is 1. The standard InChI is InChI=1S/C16H16N4O4S/c1-19(8-13(21)10-3-2-4-11(7-10)20(23)24)9-14-17-12-5-6-25-15(12)16(22)18-14/h2-7,13,21H,8-9H2,1H3,(H,17,18,22). The van der Waals surface area contributed by atoms with Crippen molar-refractivity contribution in [2.75, 3.05) is 13.6 Å². The lowest BCUT2D eigenvalue weighted by Crippen LogP contribution is -2.26. The molecule has 1 atom stereocenters. The van der Waals surface area contributed by atoms with Crippen molar-refractivity contribution in [2.45, 2.75) is 12.6 Å². The van der Waals surface area contributed by atoms with E-state index in [0.717, 1.165) is 0 Å². The number of rotatable bonds is 6. The summed E-state index contributed by atoms with van der Waals surface area (Å²) in [6.45, 7) is 0.583. The zero-order chi connectivity index (χ0) is 18.0. The molecule has 0 saturated heterocycles. The Morgan fingerprint density at radius 1 is 1.44 bits per heavy atom. The number of hydrogen-bond acceptors (Lipinski definition) is 7. The average Bonchev–Trinajstić information content (AvgIpc) is 3.03. The number of non-ortho nitro benzene ring substituents is 1. The zero-order valence-corrected chi connectivity index (χ0v) is 14.2. The number of nitrogens with one attached hydrogen (secondary N) is 1. The number of likely N-dealkylation sites (N-methyl/N-ethyl adjacent to an activating group) is 1. The fourth-order valence-corrected chi connectivity index (χ4v) is 3.29. The summed E-state index contributed by atoms with van der Waals surface area (Å²) < 4.78 is 0.586. The SMILES string of the molecule is CN(Cc1nc2ccsc2c(=O)[nH]1)CC(O)c1cccc([N+](=O)[O-])c1. The Morgan fingerprint density at radius 3 is 3.00 bits per heavy atom. The van der Waals surface area contributed by atoms with Crippen LogP contribution in [0, 0.1) is 10.1 Å². The molecular weight excluding hydrogens is 344 g/mol. The largest absolute Gasteiger partial charge is 0.387 e. The maximum absolute atomic E-state index is 12.0. The van der Waals surface area contributed by atoms with Gasteiger partial charge in [-0.1, -0.05) is 12.1 Å². The van der Waals surface area contributed by atoms with E-state index < -0.39 is 11.0 Å². The van der Waals surface area contributed by atoms with Gasteiger partial charge in [0.2, 0.25) is 0 Å². The molecule has 25 heavy (non-hydrogen) atoms. The maximum Gasteiger partial charge on any atom is 0.269 e. The van der Waals surface area contributed by atoms with Crippen molar-refractivity contribution in [1.29, 1.82) is 0 Å². The molecule has 0 aliphatic carbocycles. The number of nitro groups is 1. The van der Waals surface area contributed by atoms with Crippen LogP contribution in [-0.2, 0) is 6.54 Å². The number of aromatic amines is 1. The molecule has 0 saturated carbocycles. The summed E-state index contributed by atoms with van der Waals surface area (Å²) in [5.74, 6) is 0.504. The molecule has 1 aromatic carbocycles. The second kappa shape index (κ2) is 7.09. The van der Waals surface area contributed by atoms with Crippen LogP contribution >= 0.6 is 11.3 Å². The van der Waals surface area contributed by atoms with Crippen LogP contribution in [-0.4, -0.2) is 38.5 Å². The predicted octanol–water partition coefficient (Wildman–Crippen LogP) is 2.06. The molecule has 0 aliphatic rings. The van der Waals surface area contributed by atoms with Crippen LogP contribution in [0.5, 0.6) is 0 Å². The van der Waals surface area contributed by atoms with Crippen LogP contribution in [0.3, 0.4) is 0 Å². The molecule has 8 nitrogen and oxygen atoms in total. The third kappa shape index (κ3) is 3.90. The van der Waals surface area contributed by atoms with Gasteiger partial charge in [0.25, 0.3) is 11.2 Å². The van der Waals surface area contributed by atoms with Gasteiger partial charge in [0.1, 0.15) is 10.5 Å². The number of nitrogens with zero attached hydrogens (tertiary/aromatic N) is 3. The van der Waals surface area contributed by atoms with Gasteiger partial charge in [-0.2, -0.15) is 0 Å². The molecule has 0 radical (unpaired) electrons. The number of aliphatic hydroxyl groups excluding tert-OH is 1. The van der Waals surface area contributed by atoms with Crippen molar-refractivity contribution in [3.63, 3.8) is 0 Å². The molecule has 0 spiro atoms. The molecular formula is C16H16N4O4S. The number of benzene rings is 1. The Balaban J connectivity index is 1.70. The summed E-state index contributed by atoms with van der Waals surface area (Å²) >= 11 is 1.34. The Hall–Kier alpha value is -2.62. The lowest BCUT2D eigenvalue weighted by Gasteiger charge is -2.20. The monoisotopic (exact) mass is 360 g/mol. The van der Waals surface area contributed by atoms with E-state index in [1.165, 1.54) is 23.5 Å². The van der Waals surface area contributed by atoms with Crippen LogP contribution in [0.15, 0.2) is 40.5 Å². The first kappa shape index (κ1) is 17.2. The Labute approximate surface area is 146 Å². The van der Waals surface area contributed by atoms with Gasteiger partial charge >= 0.3 is 0 Å². The minimum absolute atomic E-state index is 0.0619. The van der Waals surface area contributed by atoms with Crippen molar-refractivity contribution in [3.8, 4) is 0 Å². The van der Waals surface area contributed by atoms with Gasteiger partial charge in [0.05, 0.1) is 23.1 Å². The van der Waals surface area contributed by atoms with E-state index in [9.17, 15) is 20.0 Å². The van der Waals surface area contributed by atoms with E-state index in [-0.39, 0.29) is 17.8 Å². The first-order valence-corrected chi connectivity index (χ1v) is 8.39. The van der Waals surface area contributed by atoms with Gasteiger partial charge in [-0.3, -0.25) is 19.8 Å². The third-order valence-corrected chi connectivity index (χ3v) is 4.64. The van der Waals surface area contributed by atoms with Crippen molar-refractivity contribution in [1.82, 2.24) is 14.9 Å². The molecule has 0 amide bonds. The van der Waals surface area contributed by atoms with E-state index in [2.05, 4.69) is 9.97 Å². The van der Waals surface area contributed by atoms with E-state index >= 15 is 0 Å². The highest BCUT2D eigenvalue weighted by molar-refractivity contribution is 7.17. The number of thiophene rings is 1. The van der Waals surface area contributed by atoms with E-state index in [4.69, 9.17) is 0 Å². The van der Waals surface area contributed by atoms with Gasteiger partial charge in [-0.25, -0.2) is 4.98 Å². The minimum atomic E-state index is -0.887. The van der Waals surface area contributed by atoms with Gasteiger partial charge in [-0.05, 0) is 24.1 Å². The number of nitro benzene ring substituents is 1. The second-order valence-electron chi connectivity index (χ2n) is 5.71. The first-order valence-electron chi connectivity index (χ1n) is 7.51. The van der Waals surface area contributed by atoms with Gasteiger partial charge < -0.3 is 10.1 Å². The summed E-state index contributed by atoms with van der Waals surface area (Å²) in [4.78, 5) is 31.2. The summed E-state index contributed by atoms with van der Waals surface area (Å²) in [5, 5.41) is 23.0. The van der Waals surface area contributed by atoms with Gasteiger partial charge in [0.15, 0.2) is 0 Å². The Bertz CT molecular complexity index is 968. The maximum atomic E-state index is 12.0. The van der Waals surface area contributed by atoms with Crippen LogP contribution in [0.4, 0.5) is 5.69 Å². The number of hydrogen-bond donors (Lipinski definition) is 2. The van der Waals surface area contributed by atoms with Crippen molar-refractivity contribution in [2.24, 2.45) is 0 Å². The molecule has 130 valence electrons. The Morgan fingerprint density at radius 2 is 2.24 bits per heavy atom. The summed E-state index contributed by atoms with van der Waals surface area (Å²) in [7, 11) is 1.78. The molecule has 1 unspecified atom stereocenters. The molecule has 0 fully saturated rings. The van der Waals surface area contributed by atoms with Gasteiger partial charge in [0, 0.05) is 18.7 Å². The molecule has 3 aromatic rings. The highest BCUT2D eigenvalue weighted by Crippen LogP contribution is 2.20. The quantitative estimate of drug-likeness (QED) is 0.514. The molecule has 2 N–H and O–H groups in total. The van der Waals surface area contributed by atoms with Crippen molar-refractivity contribution >= 4 is 27.2 Å². The third-order valence-electron chi connectivity index (χ3n) is 3.73. The highest BCUT2D eigenvalue weighted by Gasteiger charge is 2.15. The van der Waals surface area contributed by atoms with Crippen molar-refractivity contribution in [3.05, 3.63) is 67.6 Å². The van der Waals surface area contributed by atoms with Crippen LogP contribution in [0.25, 0.3) is 10.2 Å². The molecule has 2 aromatic heterocycles. The smallest absolute Gasteiger partial charge is 0.269 e. The number of fused-ring (bicyclic) bond motifs is 1. The van der Waals surface area contributed by atoms with E-state index in [1.54, 1.807) is 30.1 Å². The molecule has 2 heterocycles. The van der Waals surface area contributed by atoms with Crippen molar-refractivity contribution < 1.29 is 10.0 Å². The number of aromatic nitrogens is 2. The fraction of sp³-hybridized carbons (Fsp3) is 0.250. The fourth-order valence-electron chi connectivity index (χ4n) is 2.56. The van der Waals surface area contributed by atoms with Crippen LogP contribution in [0.1, 0.15) is 17.5 Å².